The Hall–Kier alpha value is -0.925. The first-order chi connectivity index (χ1) is 3.72. The van der Waals surface area contributed by atoms with Crippen molar-refractivity contribution in [2.24, 2.45) is 0 Å². The molecule has 3 nitrogen and oxygen atoms in total. The van der Waals surface area contributed by atoms with Crippen LogP contribution in [0.15, 0.2) is 11.7 Å². The Morgan fingerprint density at radius 1 is 1.88 bits per heavy atom. The zero-order valence-electron chi connectivity index (χ0n) is 4.93. The minimum absolute atomic E-state index is 0.243. The number of hydrogen-bond donors (Lipinski definition) is 2. The second-order valence-corrected chi connectivity index (χ2v) is 1.25. The van der Waals surface area contributed by atoms with E-state index in [1.807, 2.05) is 0 Å². The second kappa shape index (κ2) is 3.13. The van der Waals surface area contributed by atoms with E-state index in [-0.39, 0.29) is 5.76 Å². The number of hydrogen-bond acceptors (Lipinski definition) is 2. The van der Waals surface area contributed by atoms with Crippen LogP contribution in [0, 0.1) is 0 Å². The van der Waals surface area contributed by atoms with Gasteiger partial charge in [0.05, 0.1) is 0 Å². The van der Waals surface area contributed by atoms with Crippen LogP contribution in [0.25, 0.3) is 0 Å². The van der Waals surface area contributed by atoms with Gasteiger partial charge in [-0.1, -0.05) is 5.98 Å². The summed E-state index contributed by atoms with van der Waals surface area (Å²) in [5.74, 6) is 0.638. The molecule has 0 saturated carbocycles. The molecule has 0 radical (unpaired) electrons. The summed E-state index contributed by atoms with van der Waals surface area (Å²) in [6, 6.07) is 0. The molecule has 0 spiro atoms. The van der Waals surface area contributed by atoms with Crippen LogP contribution in [-0.2, 0) is 4.79 Å². The third kappa shape index (κ3) is 1.68. The first kappa shape index (κ1) is 7.07. The van der Waals surface area contributed by atoms with Crippen molar-refractivity contribution in [1.29, 1.82) is 0 Å². The summed E-state index contributed by atoms with van der Waals surface area (Å²) in [6.07, 6.45) is 0. The van der Waals surface area contributed by atoms with Crippen LogP contribution in [0.4, 0.5) is 0 Å². The predicted octanol–water partition coefficient (Wildman–Crippen LogP) is -1.24. The molecule has 0 aromatic carbocycles. The molecular weight excluding hydrogens is 105 g/mol. The average molecular weight is 113 g/mol. The van der Waals surface area contributed by atoms with E-state index in [2.05, 4.69) is 5.32 Å². The largest absolute Gasteiger partial charge is 0.504 e. The van der Waals surface area contributed by atoms with E-state index in [0.717, 1.165) is 0 Å². The molecule has 0 aromatic heterocycles. The van der Waals surface area contributed by atoms with Crippen molar-refractivity contribution in [2.75, 3.05) is 7.05 Å². The molecule has 44 valence electrons. The van der Waals surface area contributed by atoms with Gasteiger partial charge in [0, 0.05) is 7.05 Å². The first-order valence-corrected chi connectivity index (χ1v) is 2.29. The van der Waals surface area contributed by atoms with Crippen molar-refractivity contribution in [3.63, 3.8) is 0 Å². The summed E-state index contributed by atoms with van der Waals surface area (Å²) in [7, 11) is 3.05. The van der Waals surface area contributed by atoms with E-state index in [0.29, 0.717) is 0 Å². The number of aliphatic hydroxyl groups excluding tert-OH is 1. The maximum atomic E-state index is 10.3. The molecule has 0 fully saturated rings. The second-order valence-electron chi connectivity index (χ2n) is 1.25. The van der Waals surface area contributed by atoms with Gasteiger partial charge >= 0.3 is 0 Å². The molecule has 0 aromatic rings. The Kier molecular flexibility index (Phi) is 2.76. The molecular formula is C4H8BNO2. The van der Waals surface area contributed by atoms with E-state index in [9.17, 15) is 4.79 Å². The molecule has 0 rings (SSSR count). The lowest BCUT2D eigenvalue weighted by atomic mass is 10.1. The summed E-state index contributed by atoms with van der Waals surface area (Å²) in [5.41, 5.74) is 0. The van der Waals surface area contributed by atoms with Crippen LogP contribution in [0.3, 0.4) is 0 Å². The molecule has 2 N–H and O–H groups in total. The van der Waals surface area contributed by atoms with Crippen LogP contribution in [-0.4, -0.2) is 25.9 Å². The lowest BCUT2D eigenvalue weighted by molar-refractivity contribution is -0.119. The molecule has 4 heteroatoms. The number of amides is 1. The van der Waals surface area contributed by atoms with Gasteiger partial charge in [-0.3, -0.25) is 4.79 Å². The summed E-state index contributed by atoms with van der Waals surface area (Å²) < 4.78 is 0. The van der Waals surface area contributed by atoms with Crippen LogP contribution < -0.4 is 5.32 Å². The normalized spacial score (nSPS) is 10.9. The fourth-order valence-corrected chi connectivity index (χ4v) is 0.259. The fraction of sp³-hybridized carbons (Fsp3) is 0.250. The fourth-order valence-electron chi connectivity index (χ4n) is 0.259. The zero-order chi connectivity index (χ0) is 6.57. The van der Waals surface area contributed by atoms with Crippen molar-refractivity contribution >= 4 is 13.8 Å². The number of rotatable bonds is 1. The average Bonchev–Trinajstić information content (AvgIpc) is 1.84. The number of carbonyl (C=O) groups excluding carboxylic acids is 1. The molecule has 0 aliphatic heterocycles. The van der Waals surface area contributed by atoms with Crippen molar-refractivity contribution in [3.05, 3.63) is 11.7 Å². The Morgan fingerprint density at radius 3 is 2.50 bits per heavy atom. The minimum atomic E-state index is -0.451. The van der Waals surface area contributed by atoms with Gasteiger partial charge in [0.25, 0.3) is 5.91 Å². The molecule has 0 aliphatic rings. The molecule has 0 saturated heterocycles. The first-order valence-electron chi connectivity index (χ1n) is 2.29. The smallest absolute Gasteiger partial charge is 0.284 e. The van der Waals surface area contributed by atoms with Crippen LogP contribution in [0.5, 0.6) is 0 Å². The van der Waals surface area contributed by atoms with Crippen LogP contribution in [0.1, 0.15) is 0 Å². The standard InChI is InChI=1S/C4H8BNO2/c1-6-4(8)3(7)2-5/h2,7H,5H2,1H3,(H,6,8)/b3-2-. The lowest BCUT2D eigenvalue weighted by Crippen LogP contribution is -2.19. The number of nitrogens with one attached hydrogen (secondary N) is 1. The van der Waals surface area contributed by atoms with Gasteiger partial charge < -0.3 is 10.4 Å². The SMILES string of the molecule is B/C=C(\O)C(=O)NC. The Balaban J connectivity index is 3.83. The number of aliphatic hydroxyl groups is 1. The number of likely N-dealkylation sites (N-methyl/N-ethyl adjacent to an activating group) is 1. The summed E-state index contributed by atoms with van der Waals surface area (Å²) >= 11 is 0. The summed E-state index contributed by atoms with van der Waals surface area (Å²) in [5, 5.41) is 10.8. The predicted molar refractivity (Wildman–Crippen MR) is 33.3 cm³/mol. The van der Waals surface area contributed by atoms with Gasteiger partial charge in [-0.2, -0.15) is 0 Å². The van der Waals surface area contributed by atoms with Crippen molar-refractivity contribution in [2.45, 2.75) is 0 Å². The Labute approximate surface area is 48.8 Å². The molecule has 0 heterocycles. The van der Waals surface area contributed by atoms with E-state index in [1.54, 1.807) is 7.85 Å². The highest BCUT2D eigenvalue weighted by atomic mass is 16.3. The van der Waals surface area contributed by atoms with Crippen LogP contribution >= 0.6 is 0 Å². The summed E-state index contributed by atoms with van der Waals surface area (Å²) in [6.45, 7) is 0. The maximum absolute atomic E-state index is 10.3. The van der Waals surface area contributed by atoms with E-state index in [1.165, 1.54) is 13.0 Å². The minimum Gasteiger partial charge on any atom is -0.504 e. The monoisotopic (exact) mass is 113 g/mol. The Bertz CT molecular complexity index is 121. The van der Waals surface area contributed by atoms with E-state index < -0.39 is 5.91 Å². The van der Waals surface area contributed by atoms with Crippen LogP contribution in [0.2, 0.25) is 0 Å². The van der Waals surface area contributed by atoms with Crippen molar-refractivity contribution < 1.29 is 9.90 Å². The molecule has 1 amide bonds. The lowest BCUT2D eigenvalue weighted by Gasteiger charge is -1.93. The summed E-state index contributed by atoms with van der Waals surface area (Å²) in [4.78, 5) is 10.3. The zero-order valence-corrected chi connectivity index (χ0v) is 4.93. The van der Waals surface area contributed by atoms with Gasteiger partial charge in [-0.05, 0) is 0 Å². The highest BCUT2D eigenvalue weighted by Gasteiger charge is 1.98. The highest BCUT2D eigenvalue weighted by Crippen LogP contribution is 1.81. The van der Waals surface area contributed by atoms with Gasteiger partial charge in [0.1, 0.15) is 7.85 Å². The molecule has 0 bridgehead atoms. The highest BCUT2D eigenvalue weighted by molar-refractivity contribution is 6.19. The van der Waals surface area contributed by atoms with Gasteiger partial charge in [-0.25, -0.2) is 0 Å². The van der Waals surface area contributed by atoms with Gasteiger partial charge in [0.2, 0.25) is 0 Å². The topological polar surface area (TPSA) is 49.3 Å². The molecule has 0 atom stereocenters. The quantitative estimate of drug-likeness (QED) is 0.254. The van der Waals surface area contributed by atoms with E-state index >= 15 is 0 Å². The van der Waals surface area contributed by atoms with E-state index in [4.69, 9.17) is 5.11 Å². The Morgan fingerprint density at radius 2 is 2.38 bits per heavy atom. The van der Waals surface area contributed by atoms with Crippen molar-refractivity contribution in [1.82, 2.24) is 5.32 Å². The van der Waals surface area contributed by atoms with Gasteiger partial charge in [-0.15, -0.1) is 0 Å². The molecule has 0 unspecified atom stereocenters. The van der Waals surface area contributed by atoms with Gasteiger partial charge in [0.15, 0.2) is 5.76 Å². The number of carbonyl (C=O) groups is 1. The molecule has 0 aliphatic carbocycles. The van der Waals surface area contributed by atoms with Crippen molar-refractivity contribution in [3.8, 4) is 0 Å². The third-order valence-corrected chi connectivity index (χ3v) is 0.733. The maximum Gasteiger partial charge on any atom is 0.284 e. The third-order valence-electron chi connectivity index (χ3n) is 0.733. The molecule has 8 heavy (non-hydrogen) atoms.